The van der Waals surface area contributed by atoms with Gasteiger partial charge in [0.1, 0.15) is 11.4 Å². The molecule has 5 aromatic rings. The van der Waals surface area contributed by atoms with Gasteiger partial charge in [0.25, 0.3) is 5.91 Å². The Kier molecular flexibility index (Phi) is 9.43. The lowest BCUT2D eigenvalue weighted by molar-refractivity contribution is -0.118. The van der Waals surface area contributed by atoms with Crippen LogP contribution in [0.1, 0.15) is 42.6 Å². The first-order valence-electron chi connectivity index (χ1n) is 14.9. The van der Waals surface area contributed by atoms with Gasteiger partial charge >= 0.3 is 0 Å². The Hall–Kier alpha value is -5.47. The molecule has 6 rings (SSSR count). The largest absolute Gasteiger partial charge is 0.484 e. The smallest absolute Gasteiger partial charge is 0.264 e. The van der Waals surface area contributed by atoms with Crippen LogP contribution in [0.15, 0.2) is 85.1 Å². The van der Waals surface area contributed by atoms with E-state index in [0.29, 0.717) is 53.0 Å². The van der Waals surface area contributed by atoms with Gasteiger partial charge < -0.3 is 9.47 Å². The summed E-state index contributed by atoms with van der Waals surface area (Å²) in [5.74, 6) is 0.892. The third-order valence-electron chi connectivity index (χ3n) is 7.45. The first kappa shape index (κ1) is 29.6. The maximum absolute atomic E-state index is 12.7. The summed E-state index contributed by atoms with van der Waals surface area (Å²) < 4.78 is 13.2. The number of ether oxygens (including phenoxy) is 2. The van der Waals surface area contributed by atoms with Crippen LogP contribution < -0.4 is 10.1 Å². The summed E-state index contributed by atoms with van der Waals surface area (Å²) in [7, 11) is 0. The number of amides is 1. The van der Waals surface area contributed by atoms with Crippen molar-refractivity contribution in [1.29, 1.82) is 5.26 Å². The number of benzene rings is 2. The molecule has 0 saturated heterocycles. The van der Waals surface area contributed by atoms with E-state index >= 15 is 0 Å². The molecule has 226 valence electrons. The fraction of sp³-hybridized carbons (Fsp3) is 0.265. The minimum Gasteiger partial charge on any atom is -0.484 e. The van der Waals surface area contributed by atoms with Crippen molar-refractivity contribution in [3.8, 4) is 34.5 Å². The van der Waals surface area contributed by atoms with Gasteiger partial charge in [0.2, 0.25) is 5.95 Å². The third-order valence-corrected chi connectivity index (χ3v) is 7.45. The van der Waals surface area contributed by atoms with Gasteiger partial charge in [-0.1, -0.05) is 54.5 Å². The standard InChI is InChI=1S/C34H32N8O3/c35-18-25-10-6-11-26(16-25)30-17-31(38-34(37-30)39-33(43)23-45-29-14-2-1-3-15-29)32-20-42(41-40-32)19-27-12-7-13-28(36-27)22-44-21-24-8-4-5-9-24/h1-3,6-7,10-17,20,24H,4-5,8-9,19,21-23H2,(H,37,38,39,43). The van der Waals surface area contributed by atoms with Crippen LogP contribution in [0.5, 0.6) is 5.75 Å². The SMILES string of the molecule is N#Cc1cccc(-c2cc(-c3cn(Cc4cccc(COCC5CCCC5)n4)nn3)nc(NC(=O)COc3ccccc3)n2)c1. The number of nitrogens with one attached hydrogen (secondary N) is 1. The van der Waals surface area contributed by atoms with Gasteiger partial charge in [0.15, 0.2) is 6.61 Å². The van der Waals surface area contributed by atoms with E-state index in [4.69, 9.17) is 14.5 Å². The van der Waals surface area contributed by atoms with E-state index in [1.165, 1.54) is 25.7 Å². The van der Waals surface area contributed by atoms with E-state index in [9.17, 15) is 10.1 Å². The number of hydrogen-bond donors (Lipinski definition) is 1. The van der Waals surface area contributed by atoms with Crippen LogP contribution in [-0.2, 0) is 22.7 Å². The zero-order valence-corrected chi connectivity index (χ0v) is 24.7. The van der Waals surface area contributed by atoms with E-state index in [2.05, 4.69) is 31.7 Å². The molecular weight excluding hydrogens is 568 g/mol. The molecule has 1 N–H and O–H groups in total. The molecule has 0 unspecified atom stereocenters. The predicted molar refractivity (Wildman–Crippen MR) is 167 cm³/mol. The predicted octanol–water partition coefficient (Wildman–Crippen LogP) is 5.44. The average molecular weight is 601 g/mol. The van der Waals surface area contributed by atoms with Crippen LogP contribution in [0.2, 0.25) is 0 Å². The number of para-hydroxylation sites is 1. The van der Waals surface area contributed by atoms with Gasteiger partial charge in [-0.3, -0.25) is 15.1 Å². The van der Waals surface area contributed by atoms with E-state index < -0.39 is 5.91 Å². The first-order chi connectivity index (χ1) is 22.1. The molecule has 1 aliphatic carbocycles. The number of nitriles is 1. The maximum Gasteiger partial charge on any atom is 0.264 e. The lowest BCUT2D eigenvalue weighted by Crippen LogP contribution is -2.21. The molecule has 0 spiro atoms. The number of carbonyl (C=O) groups excluding carboxylic acids is 1. The minimum atomic E-state index is -0.422. The van der Waals surface area contributed by atoms with Crippen molar-refractivity contribution in [2.45, 2.75) is 38.8 Å². The van der Waals surface area contributed by atoms with Crippen molar-refractivity contribution in [3.63, 3.8) is 0 Å². The van der Waals surface area contributed by atoms with Crippen LogP contribution in [0.4, 0.5) is 5.95 Å². The number of aromatic nitrogens is 6. The summed E-state index contributed by atoms with van der Waals surface area (Å²) in [6, 6.07) is 25.9. The molecule has 0 bridgehead atoms. The summed E-state index contributed by atoms with van der Waals surface area (Å²) >= 11 is 0. The summed E-state index contributed by atoms with van der Waals surface area (Å²) in [5.41, 5.74) is 4.34. The van der Waals surface area contributed by atoms with Gasteiger partial charge in [0, 0.05) is 12.2 Å². The molecule has 0 aliphatic heterocycles. The van der Waals surface area contributed by atoms with E-state index in [1.54, 1.807) is 47.3 Å². The molecule has 1 aliphatic rings. The summed E-state index contributed by atoms with van der Waals surface area (Å²) in [5, 5.41) is 20.8. The highest BCUT2D eigenvalue weighted by Gasteiger charge is 2.16. The van der Waals surface area contributed by atoms with E-state index in [0.717, 1.165) is 18.0 Å². The molecule has 1 amide bonds. The monoisotopic (exact) mass is 600 g/mol. The van der Waals surface area contributed by atoms with Crippen LogP contribution in [-0.4, -0.2) is 49.1 Å². The molecule has 3 aromatic heterocycles. The highest BCUT2D eigenvalue weighted by atomic mass is 16.5. The second-order valence-electron chi connectivity index (χ2n) is 10.9. The summed E-state index contributed by atoms with van der Waals surface area (Å²) in [6.45, 7) is 1.45. The second kappa shape index (κ2) is 14.3. The lowest BCUT2D eigenvalue weighted by atomic mass is 10.1. The van der Waals surface area contributed by atoms with Crippen LogP contribution in [0.25, 0.3) is 22.6 Å². The Morgan fingerprint density at radius 1 is 0.911 bits per heavy atom. The molecule has 3 heterocycles. The van der Waals surface area contributed by atoms with Crippen molar-refractivity contribution >= 4 is 11.9 Å². The van der Waals surface area contributed by atoms with Crippen molar-refractivity contribution in [2.24, 2.45) is 5.92 Å². The van der Waals surface area contributed by atoms with Gasteiger partial charge in [-0.05, 0) is 61.2 Å². The van der Waals surface area contributed by atoms with Gasteiger partial charge in [-0.15, -0.1) is 5.10 Å². The van der Waals surface area contributed by atoms with Crippen molar-refractivity contribution in [1.82, 2.24) is 29.9 Å². The number of nitrogens with zero attached hydrogens (tertiary/aromatic N) is 7. The minimum absolute atomic E-state index is 0.0769. The van der Waals surface area contributed by atoms with Gasteiger partial charge in [-0.2, -0.15) is 5.26 Å². The fourth-order valence-electron chi connectivity index (χ4n) is 5.22. The van der Waals surface area contributed by atoms with Crippen molar-refractivity contribution < 1.29 is 14.3 Å². The zero-order chi connectivity index (χ0) is 30.8. The van der Waals surface area contributed by atoms with E-state index in [1.807, 2.05) is 42.5 Å². The van der Waals surface area contributed by atoms with Gasteiger partial charge in [-0.25, -0.2) is 14.6 Å². The molecule has 2 aromatic carbocycles. The molecule has 0 atom stereocenters. The number of carbonyl (C=O) groups is 1. The highest BCUT2D eigenvalue weighted by Crippen LogP contribution is 2.26. The maximum atomic E-state index is 12.7. The Bertz CT molecular complexity index is 1790. The zero-order valence-electron chi connectivity index (χ0n) is 24.7. The molecular formula is C34H32N8O3. The van der Waals surface area contributed by atoms with Crippen molar-refractivity contribution in [3.05, 3.63) is 102 Å². The Balaban J connectivity index is 1.18. The normalized spacial score (nSPS) is 13.0. The van der Waals surface area contributed by atoms with Crippen LogP contribution >= 0.6 is 0 Å². The highest BCUT2D eigenvalue weighted by molar-refractivity contribution is 5.90. The Labute approximate surface area is 260 Å². The molecule has 11 heteroatoms. The molecule has 45 heavy (non-hydrogen) atoms. The summed E-state index contributed by atoms with van der Waals surface area (Å²) in [6.07, 6.45) is 6.86. The molecule has 1 fully saturated rings. The Morgan fingerprint density at radius 2 is 1.71 bits per heavy atom. The number of rotatable bonds is 12. The molecule has 0 radical (unpaired) electrons. The van der Waals surface area contributed by atoms with Crippen molar-refractivity contribution in [2.75, 3.05) is 18.5 Å². The quantitative estimate of drug-likeness (QED) is 0.198. The Morgan fingerprint density at radius 3 is 2.56 bits per heavy atom. The third kappa shape index (κ3) is 8.13. The van der Waals surface area contributed by atoms with Gasteiger partial charge in [0.05, 0.1) is 53.8 Å². The number of pyridine rings is 1. The number of hydrogen-bond acceptors (Lipinski definition) is 9. The van der Waals surface area contributed by atoms with Crippen LogP contribution in [0.3, 0.4) is 0 Å². The molecule has 11 nitrogen and oxygen atoms in total. The van der Waals surface area contributed by atoms with Crippen LogP contribution in [0, 0.1) is 17.2 Å². The fourth-order valence-corrected chi connectivity index (χ4v) is 5.22. The molecule has 1 saturated carbocycles. The number of anilines is 1. The van der Waals surface area contributed by atoms with E-state index in [-0.39, 0.29) is 12.6 Å². The average Bonchev–Trinajstić information content (AvgIpc) is 3.77. The lowest BCUT2D eigenvalue weighted by Gasteiger charge is -2.10. The topological polar surface area (TPSA) is 141 Å². The first-order valence-corrected chi connectivity index (χ1v) is 14.9. The second-order valence-corrected chi connectivity index (χ2v) is 10.9. The summed E-state index contributed by atoms with van der Waals surface area (Å²) in [4.78, 5) is 26.6.